The van der Waals surface area contributed by atoms with Gasteiger partial charge in [0.05, 0.1) is 12.0 Å². The molecule has 3 N–H and O–H groups in total. The van der Waals surface area contributed by atoms with Crippen LogP contribution in [-0.4, -0.2) is 17.7 Å². The molecular formula is C14H19NO3. The van der Waals surface area contributed by atoms with Crippen molar-refractivity contribution in [3.8, 4) is 5.75 Å². The first-order valence-electron chi connectivity index (χ1n) is 6.32. The largest absolute Gasteiger partial charge is 0.494 e. The van der Waals surface area contributed by atoms with Gasteiger partial charge in [0.25, 0.3) is 0 Å². The maximum Gasteiger partial charge on any atom is 0.311 e. The number of carbonyl (C=O) groups is 1. The second-order valence-electron chi connectivity index (χ2n) is 4.79. The van der Waals surface area contributed by atoms with Gasteiger partial charge in [-0.2, -0.15) is 0 Å². The third-order valence-electron chi connectivity index (χ3n) is 3.82. The smallest absolute Gasteiger partial charge is 0.311 e. The molecule has 4 nitrogen and oxygen atoms in total. The number of carboxylic acids is 1. The fraction of sp³-hybridized carbons (Fsp3) is 0.500. The van der Waals surface area contributed by atoms with Crippen LogP contribution in [0.2, 0.25) is 0 Å². The predicted octanol–water partition coefficient (Wildman–Crippen LogP) is 2.34. The summed E-state index contributed by atoms with van der Waals surface area (Å²) in [4.78, 5) is 11.4. The van der Waals surface area contributed by atoms with Crippen LogP contribution in [-0.2, 0) is 4.79 Å². The number of hydrogen-bond acceptors (Lipinski definition) is 3. The topological polar surface area (TPSA) is 72.5 Å². The Balaban J connectivity index is 2.17. The van der Waals surface area contributed by atoms with Gasteiger partial charge in [-0.3, -0.25) is 4.79 Å². The lowest BCUT2D eigenvalue weighted by molar-refractivity contribution is -0.156. The van der Waals surface area contributed by atoms with Gasteiger partial charge in [-0.1, -0.05) is 18.6 Å². The zero-order chi connectivity index (χ0) is 13.2. The quantitative estimate of drug-likeness (QED) is 0.840. The Hall–Kier alpha value is -1.55. The molecule has 98 valence electrons. The summed E-state index contributed by atoms with van der Waals surface area (Å²) < 4.78 is 5.36. The van der Waals surface area contributed by atoms with Crippen LogP contribution in [0.1, 0.15) is 37.8 Å². The van der Waals surface area contributed by atoms with Crippen LogP contribution in [0.3, 0.4) is 0 Å². The van der Waals surface area contributed by atoms with Gasteiger partial charge < -0.3 is 15.6 Å². The average molecular weight is 249 g/mol. The summed E-state index contributed by atoms with van der Waals surface area (Å²) in [6.07, 6.45) is 2.27. The molecule has 0 aliphatic heterocycles. The number of hydrogen-bond donors (Lipinski definition) is 2. The fourth-order valence-corrected chi connectivity index (χ4v) is 2.47. The Kier molecular flexibility index (Phi) is 3.57. The van der Waals surface area contributed by atoms with Crippen LogP contribution in [0.4, 0.5) is 0 Å². The molecule has 0 heterocycles. The summed E-state index contributed by atoms with van der Waals surface area (Å²) in [6.45, 7) is 2.54. The highest BCUT2D eigenvalue weighted by atomic mass is 16.5. The van der Waals surface area contributed by atoms with Crippen LogP contribution in [0.25, 0.3) is 0 Å². The highest BCUT2D eigenvalue weighted by Crippen LogP contribution is 2.49. The summed E-state index contributed by atoms with van der Waals surface area (Å²) in [7, 11) is 0. The van der Waals surface area contributed by atoms with E-state index < -0.39 is 17.4 Å². The first-order valence-corrected chi connectivity index (χ1v) is 6.32. The van der Waals surface area contributed by atoms with Crippen molar-refractivity contribution in [2.75, 3.05) is 6.61 Å². The summed E-state index contributed by atoms with van der Waals surface area (Å²) >= 11 is 0. The van der Waals surface area contributed by atoms with Crippen molar-refractivity contribution in [1.82, 2.24) is 0 Å². The number of aliphatic carboxylic acids is 1. The molecular weight excluding hydrogens is 230 g/mol. The van der Waals surface area contributed by atoms with Gasteiger partial charge in [-0.05, 0) is 37.5 Å². The zero-order valence-electron chi connectivity index (χ0n) is 10.6. The molecule has 1 saturated carbocycles. The lowest BCUT2D eigenvalue weighted by atomic mass is 9.62. The van der Waals surface area contributed by atoms with Crippen LogP contribution >= 0.6 is 0 Å². The first kappa shape index (κ1) is 12.9. The number of ether oxygens (including phenoxy) is 1. The molecule has 1 aromatic rings. The van der Waals surface area contributed by atoms with Crippen molar-refractivity contribution in [2.45, 2.75) is 32.2 Å². The minimum absolute atomic E-state index is 0.445. The van der Waals surface area contributed by atoms with E-state index in [0.29, 0.717) is 19.4 Å². The van der Waals surface area contributed by atoms with Gasteiger partial charge in [-0.25, -0.2) is 0 Å². The average Bonchev–Trinajstić information content (AvgIpc) is 2.28. The second-order valence-corrected chi connectivity index (χ2v) is 4.79. The summed E-state index contributed by atoms with van der Waals surface area (Å²) in [6, 6.07) is 6.95. The van der Waals surface area contributed by atoms with E-state index >= 15 is 0 Å². The predicted molar refractivity (Wildman–Crippen MR) is 68.5 cm³/mol. The number of benzene rings is 1. The molecule has 0 amide bonds. The van der Waals surface area contributed by atoms with Gasteiger partial charge in [0.2, 0.25) is 0 Å². The zero-order valence-corrected chi connectivity index (χ0v) is 10.6. The molecule has 4 heteroatoms. The molecule has 2 rings (SSSR count). The van der Waals surface area contributed by atoms with Crippen molar-refractivity contribution >= 4 is 5.97 Å². The SMILES string of the molecule is CCOc1ccc(C(N)C2(C(=O)O)CCC2)cc1. The van der Waals surface area contributed by atoms with Crippen molar-refractivity contribution in [3.05, 3.63) is 29.8 Å². The van der Waals surface area contributed by atoms with Crippen molar-refractivity contribution in [1.29, 1.82) is 0 Å². The number of rotatable bonds is 5. The van der Waals surface area contributed by atoms with Crippen LogP contribution in [0.5, 0.6) is 5.75 Å². The van der Waals surface area contributed by atoms with E-state index in [4.69, 9.17) is 10.5 Å². The number of nitrogens with two attached hydrogens (primary N) is 1. The molecule has 0 bridgehead atoms. The summed E-state index contributed by atoms with van der Waals surface area (Å²) in [5.74, 6) is 0.00145. The molecule has 18 heavy (non-hydrogen) atoms. The summed E-state index contributed by atoms with van der Waals surface area (Å²) in [5.41, 5.74) is 6.23. The van der Waals surface area contributed by atoms with Crippen LogP contribution in [0, 0.1) is 5.41 Å². The van der Waals surface area contributed by atoms with Crippen molar-refractivity contribution < 1.29 is 14.6 Å². The second kappa shape index (κ2) is 4.98. The minimum Gasteiger partial charge on any atom is -0.494 e. The molecule has 1 unspecified atom stereocenters. The highest BCUT2D eigenvalue weighted by molar-refractivity contribution is 5.77. The van der Waals surface area contributed by atoms with E-state index in [9.17, 15) is 9.90 Å². The Labute approximate surface area is 107 Å². The van der Waals surface area contributed by atoms with E-state index in [0.717, 1.165) is 17.7 Å². The third-order valence-corrected chi connectivity index (χ3v) is 3.82. The molecule has 0 radical (unpaired) electrons. The van der Waals surface area contributed by atoms with Gasteiger partial charge in [0.15, 0.2) is 0 Å². The minimum atomic E-state index is -0.782. The van der Waals surface area contributed by atoms with E-state index in [2.05, 4.69) is 0 Å². The van der Waals surface area contributed by atoms with E-state index in [1.165, 1.54) is 0 Å². The maximum atomic E-state index is 11.4. The lowest BCUT2D eigenvalue weighted by Crippen LogP contribution is -2.46. The van der Waals surface area contributed by atoms with Crippen LogP contribution in [0.15, 0.2) is 24.3 Å². The monoisotopic (exact) mass is 249 g/mol. The molecule has 1 atom stereocenters. The first-order chi connectivity index (χ1) is 8.60. The molecule has 1 fully saturated rings. The van der Waals surface area contributed by atoms with E-state index in [1.54, 1.807) is 0 Å². The highest BCUT2D eigenvalue weighted by Gasteiger charge is 2.49. The van der Waals surface area contributed by atoms with E-state index in [1.807, 2.05) is 31.2 Å². The van der Waals surface area contributed by atoms with Gasteiger partial charge in [0, 0.05) is 6.04 Å². The van der Waals surface area contributed by atoms with Crippen molar-refractivity contribution in [2.24, 2.45) is 11.1 Å². The molecule has 0 saturated heterocycles. The molecule has 0 aromatic heterocycles. The van der Waals surface area contributed by atoms with Gasteiger partial charge in [-0.15, -0.1) is 0 Å². The summed E-state index contributed by atoms with van der Waals surface area (Å²) in [5, 5.41) is 9.35. The molecule has 1 aliphatic carbocycles. The third kappa shape index (κ3) is 2.08. The Morgan fingerprint density at radius 2 is 2.06 bits per heavy atom. The maximum absolute atomic E-state index is 11.4. The standard InChI is InChI=1S/C14H19NO3/c1-2-18-11-6-4-10(5-7-11)12(15)14(13(16)17)8-3-9-14/h4-7,12H,2-3,8-9,15H2,1H3,(H,16,17). The Bertz CT molecular complexity index is 423. The van der Waals surface area contributed by atoms with Crippen molar-refractivity contribution in [3.63, 3.8) is 0 Å². The Morgan fingerprint density at radius 3 is 2.44 bits per heavy atom. The normalized spacial score (nSPS) is 18.8. The fourth-order valence-electron chi connectivity index (χ4n) is 2.47. The van der Waals surface area contributed by atoms with Gasteiger partial charge in [0.1, 0.15) is 5.75 Å². The van der Waals surface area contributed by atoms with Gasteiger partial charge >= 0.3 is 5.97 Å². The molecule has 1 aromatic carbocycles. The molecule has 1 aliphatic rings. The van der Waals surface area contributed by atoms with Crippen LogP contribution < -0.4 is 10.5 Å². The lowest BCUT2D eigenvalue weighted by Gasteiger charge is -2.42. The Morgan fingerprint density at radius 1 is 1.44 bits per heavy atom. The number of carboxylic acid groups (broad SMARTS) is 1. The van der Waals surface area contributed by atoms with E-state index in [-0.39, 0.29) is 0 Å². The molecule has 0 spiro atoms.